The van der Waals surface area contributed by atoms with Gasteiger partial charge in [-0.2, -0.15) is 0 Å². The van der Waals surface area contributed by atoms with Crippen LogP contribution in [-0.2, 0) is 13.0 Å². The second kappa shape index (κ2) is 6.85. The molecule has 2 rings (SSSR count). The Morgan fingerprint density at radius 2 is 1.81 bits per heavy atom. The van der Waals surface area contributed by atoms with Crippen LogP contribution in [0.25, 0.3) is 0 Å². The zero-order chi connectivity index (χ0) is 15.2. The largest absolute Gasteiger partial charge is 0.392 e. The molecule has 0 fully saturated rings. The number of aliphatic hydroxyl groups excluding tert-OH is 1. The SMILES string of the molecule is Cc1ccc(C(=O)NCCc2ccc(CO)cc2)c(=O)[nH]1. The Morgan fingerprint density at radius 1 is 1.14 bits per heavy atom. The highest BCUT2D eigenvalue weighted by molar-refractivity contribution is 5.93. The molecule has 0 aliphatic rings. The first-order valence-electron chi connectivity index (χ1n) is 6.77. The third-order valence-electron chi connectivity index (χ3n) is 3.20. The number of hydrogen-bond donors (Lipinski definition) is 3. The Hall–Kier alpha value is -2.40. The van der Waals surface area contributed by atoms with Crippen LogP contribution < -0.4 is 10.9 Å². The van der Waals surface area contributed by atoms with Crippen molar-refractivity contribution >= 4 is 5.91 Å². The first-order valence-corrected chi connectivity index (χ1v) is 6.77. The average molecular weight is 286 g/mol. The monoisotopic (exact) mass is 286 g/mol. The fourth-order valence-corrected chi connectivity index (χ4v) is 1.98. The smallest absolute Gasteiger partial charge is 0.260 e. The maximum Gasteiger partial charge on any atom is 0.260 e. The fraction of sp³-hybridized carbons (Fsp3) is 0.250. The summed E-state index contributed by atoms with van der Waals surface area (Å²) < 4.78 is 0. The second-order valence-corrected chi connectivity index (χ2v) is 4.86. The van der Waals surface area contributed by atoms with Crippen molar-refractivity contribution < 1.29 is 9.90 Å². The molecule has 0 saturated heterocycles. The number of aromatic nitrogens is 1. The first-order chi connectivity index (χ1) is 10.1. The summed E-state index contributed by atoms with van der Waals surface area (Å²) in [5.41, 5.74) is 2.39. The summed E-state index contributed by atoms with van der Waals surface area (Å²) in [4.78, 5) is 26.1. The Bertz CT molecular complexity index is 675. The van der Waals surface area contributed by atoms with Crippen molar-refractivity contribution in [2.24, 2.45) is 0 Å². The van der Waals surface area contributed by atoms with Crippen LogP contribution in [0.15, 0.2) is 41.2 Å². The predicted octanol–water partition coefficient (Wildman–Crippen LogP) is 1.15. The lowest BCUT2D eigenvalue weighted by Crippen LogP contribution is -2.31. The van der Waals surface area contributed by atoms with E-state index in [1.54, 1.807) is 13.0 Å². The number of aliphatic hydroxyl groups is 1. The highest BCUT2D eigenvalue weighted by Crippen LogP contribution is 2.04. The molecule has 3 N–H and O–H groups in total. The number of aromatic amines is 1. The van der Waals surface area contributed by atoms with Crippen LogP contribution in [0.1, 0.15) is 27.2 Å². The molecular weight excluding hydrogens is 268 g/mol. The summed E-state index contributed by atoms with van der Waals surface area (Å²) in [5, 5.41) is 11.7. The van der Waals surface area contributed by atoms with Gasteiger partial charge in [-0.15, -0.1) is 0 Å². The van der Waals surface area contributed by atoms with Gasteiger partial charge >= 0.3 is 0 Å². The normalized spacial score (nSPS) is 10.4. The number of nitrogens with one attached hydrogen (secondary N) is 2. The zero-order valence-electron chi connectivity index (χ0n) is 11.8. The van der Waals surface area contributed by atoms with E-state index >= 15 is 0 Å². The molecule has 110 valence electrons. The predicted molar refractivity (Wildman–Crippen MR) is 80.2 cm³/mol. The van der Waals surface area contributed by atoms with E-state index in [2.05, 4.69) is 10.3 Å². The molecule has 1 heterocycles. The highest BCUT2D eigenvalue weighted by Gasteiger charge is 2.09. The van der Waals surface area contributed by atoms with Crippen molar-refractivity contribution in [3.8, 4) is 0 Å². The summed E-state index contributed by atoms with van der Waals surface area (Å²) in [7, 11) is 0. The second-order valence-electron chi connectivity index (χ2n) is 4.86. The molecule has 1 amide bonds. The Labute approximate surface area is 122 Å². The summed E-state index contributed by atoms with van der Waals surface area (Å²) >= 11 is 0. The van der Waals surface area contributed by atoms with Crippen LogP contribution in [-0.4, -0.2) is 22.5 Å². The van der Waals surface area contributed by atoms with Gasteiger partial charge in [-0.05, 0) is 36.6 Å². The summed E-state index contributed by atoms with van der Waals surface area (Å²) in [6.07, 6.45) is 0.668. The van der Waals surface area contributed by atoms with Crippen molar-refractivity contribution in [3.63, 3.8) is 0 Å². The lowest BCUT2D eigenvalue weighted by Gasteiger charge is -2.06. The van der Waals surface area contributed by atoms with Gasteiger partial charge in [-0.1, -0.05) is 24.3 Å². The van der Waals surface area contributed by atoms with Crippen LogP contribution in [0.4, 0.5) is 0 Å². The standard InChI is InChI=1S/C16H18N2O3/c1-11-2-7-14(16(21)18-11)15(20)17-9-8-12-3-5-13(10-19)6-4-12/h2-7,19H,8-10H2,1H3,(H,17,20)(H,18,21). The number of benzene rings is 1. The maximum absolute atomic E-state index is 11.9. The van der Waals surface area contributed by atoms with E-state index in [0.717, 1.165) is 16.8 Å². The Morgan fingerprint density at radius 3 is 2.43 bits per heavy atom. The van der Waals surface area contributed by atoms with Gasteiger partial charge < -0.3 is 15.4 Å². The number of H-pyrrole nitrogens is 1. The highest BCUT2D eigenvalue weighted by atomic mass is 16.3. The molecule has 21 heavy (non-hydrogen) atoms. The molecule has 0 aliphatic carbocycles. The molecule has 0 saturated carbocycles. The maximum atomic E-state index is 11.9. The molecule has 1 aromatic carbocycles. The first kappa shape index (κ1) is 15.0. The number of aryl methyl sites for hydroxylation is 1. The summed E-state index contributed by atoms with van der Waals surface area (Å²) in [6, 6.07) is 10.7. The van der Waals surface area contributed by atoms with Gasteiger partial charge in [0.05, 0.1) is 6.61 Å². The molecule has 1 aromatic heterocycles. The van der Waals surface area contributed by atoms with Gasteiger partial charge in [0.25, 0.3) is 11.5 Å². The number of carbonyl (C=O) groups excluding carboxylic acids is 1. The van der Waals surface area contributed by atoms with Gasteiger partial charge in [0.1, 0.15) is 5.56 Å². The number of pyridine rings is 1. The van der Waals surface area contributed by atoms with E-state index in [1.165, 1.54) is 6.07 Å². The van der Waals surface area contributed by atoms with E-state index in [1.807, 2.05) is 24.3 Å². The van der Waals surface area contributed by atoms with E-state index in [9.17, 15) is 9.59 Å². The van der Waals surface area contributed by atoms with Gasteiger partial charge in [-0.3, -0.25) is 9.59 Å². The molecule has 0 radical (unpaired) electrons. The van der Waals surface area contributed by atoms with Crippen LogP contribution in [0.3, 0.4) is 0 Å². The molecule has 0 spiro atoms. The van der Waals surface area contributed by atoms with Crippen LogP contribution in [0.5, 0.6) is 0 Å². The third kappa shape index (κ3) is 4.03. The Kier molecular flexibility index (Phi) is 4.90. The zero-order valence-corrected chi connectivity index (χ0v) is 11.8. The minimum Gasteiger partial charge on any atom is -0.392 e. The van der Waals surface area contributed by atoms with Gasteiger partial charge in [0.15, 0.2) is 0 Å². The van der Waals surface area contributed by atoms with Crippen LogP contribution >= 0.6 is 0 Å². The lowest BCUT2D eigenvalue weighted by molar-refractivity contribution is 0.0952. The van der Waals surface area contributed by atoms with E-state index in [4.69, 9.17) is 5.11 Å². The number of carbonyl (C=O) groups is 1. The molecule has 5 heteroatoms. The molecule has 2 aromatic rings. The van der Waals surface area contributed by atoms with Crippen LogP contribution in [0, 0.1) is 6.92 Å². The molecule has 0 aliphatic heterocycles. The Balaban J connectivity index is 1.90. The van der Waals surface area contributed by atoms with Crippen molar-refractivity contribution in [2.75, 3.05) is 6.54 Å². The molecule has 0 unspecified atom stereocenters. The minimum absolute atomic E-state index is 0.0210. The van der Waals surface area contributed by atoms with Crippen molar-refractivity contribution in [1.82, 2.24) is 10.3 Å². The summed E-state index contributed by atoms with van der Waals surface area (Å²) in [5.74, 6) is -0.372. The minimum atomic E-state index is -0.375. The molecule has 5 nitrogen and oxygen atoms in total. The average Bonchev–Trinajstić information content (AvgIpc) is 2.47. The van der Waals surface area contributed by atoms with Gasteiger partial charge in [0, 0.05) is 12.2 Å². The fourth-order valence-electron chi connectivity index (χ4n) is 1.98. The quantitative estimate of drug-likeness (QED) is 0.771. The van der Waals surface area contributed by atoms with Gasteiger partial charge in [-0.25, -0.2) is 0 Å². The number of amides is 1. The third-order valence-corrected chi connectivity index (χ3v) is 3.20. The molecule has 0 bridgehead atoms. The lowest BCUT2D eigenvalue weighted by atomic mass is 10.1. The van der Waals surface area contributed by atoms with Crippen LogP contribution in [0.2, 0.25) is 0 Å². The topological polar surface area (TPSA) is 82.2 Å². The van der Waals surface area contributed by atoms with Crippen molar-refractivity contribution in [3.05, 3.63) is 69.1 Å². The number of rotatable bonds is 5. The van der Waals surface area contributed by atoms with Crippen molar-refractivity contribution in [1.29, 1.82) is 0 Å². The van der Waals surface area contributed by atoms with E-state index < -0.39 is 0 Å². The number of hydrogen-bond acceptors (Lipinski definition) is 3. The van der Waals surface area contributed by atoms with Crippen molar-refractivity contribution in [2.45, 2.75) is 20.0 Å². The van der Waals surface area contributed by atoms with Gasteiger partial charge in [0.2, 0.25) is 0 Å². The summed E-state index contributed by atoms with van der Waals surface area (Å²) in [6.45, 7) is 2.23. The molecule has 0 atom stereocenters. The van der Waals surface area contributed by atoms with E-state index in [0.29, 0.717) is 13.0 Å². The van der Waals surface area contributed by atoms with E-state index in [-0.39, 0.29) is 23.6 Å². The molecular formula is C16H18N2O3.